The number of hydrazone groups is 1. The summed E-state index contributed by atoms with van der Waals surface area (Å²) in [5.41, 5.74) is 4.57. The quantitative estimate of drug-likeness (QED) is 0.543. The van der Waals surface area contributed by atoms with E-state index in [9.17, 15) is 4.79 Å². The topological polar surface area (TPSA) is 76.0 Å². The molecule has 7 nitrogen and oxygen atoms in total. The van der Waals surface area contributed by atoms with Gasteiger partial charge in [0, 0.05) is 35.8 Å². The van der Waals surface area contributed by atoms with Crippen LogP contribution < -0.4 is 14.8 Å². The van der Waals surface area contributed by atoms with Crippen LogP contribution in [0.4, 0.5) is 5.69 Å². The molecule has 1 amide bonds. The van der Waals surface area contributed by atoms with E-state index in [0.717, 1.165) is 53.4 Å². The van der Waals surface area contributed by atoms with E-state index in [2.05, 4.69) is 15.3 Å². The van der Waals surface area contributed by atoms with Gasteiger partial charge in [-0.1, -0.05) is 12.1 Å². The molecular formula is C26H28N4O3. The highest BCUT2D eigenvalue weighted by Gasteiger charge is 2.16. The zero-order valence-corrected chi connectivity index (χ0v) is 19.0. The second-order valence-electron chi connectivity index (χ2n) is 7.72. The average molecular weight is 445 g/mol. The number of pyridine rings is 1. The first kappa shape index (κ1) is 22.3. The van der Waals surface area contributed by atoms with E-state index >= 15 is 0 Å². The standard InChI is InChI=1S/C26H28N4O3/c1-3-33-25-17-21(8-11-24(25)32-2)23-5-4-16-30(29-23)18-19-6-9-22(10-7-19)28-26(31)20-12-14-27-15-13-20/h6-15,17H,3-5,16,18H2,1-2H3,(H,28,31). The maximum absolute atomic E-state index is 12.3. The Bertz CT molecular complexity index is 1110. The van der Waals surface area contributed by atoms with Crippen molar-refractivity contribution in [3.05, 3.63) is 83.7 Å². The van der Waals surface area contributed by atoms with Gasteiger partial charge in [-0.05, 0) is 67.8 Å². The van der Waals surface area contributed by atoms with Crippen molar-refractivity contribution in [3.8, 4) is 11.5 Å². The number of hydrogen-bond donors (Lipinski definition) is 1. The zero-order valence-electron chi connectivity index (χ0n) is 19.0. The number of amides is 1. The molecule has 7 heteroatoms. The molecule has 3 aromatic rings. The Morgan fingerprint density at radius 3 is 2.58 bits per heavy atom. The summed E-state index contributed by atoms with van der Waals surface area (Å²) in [6.07, 6.45) is 5.17. The summed E-state index contributed by atoms with van der Waals surface area (Å²) >= 11 is 0. The maximum atomic E-state index is 12.3. The number of ether oxygens (including phenoxy) is 2. The lowest BCUT2D eigenvalue weighted by Gasteiger charge is -2.26. The van der Waals surface area contributed by atoms with E-state index in [1.54, 1.807) is 31.6 Å². The van der Waals surface area contributed by atoms with Crippen LogP contribution in [-0.2, 0) is 6.54 Å². The van der Waals surface area contributed by atoms with Crippen LogP contribution in [-0.4, -0.2) is 41.9 Å². The molecule has 0 unspecified atom stereocenters. The van der Waals surface area contributed by atoms with E-state index in [0.29, 0.717) is 18.7 Å². The van der Waals surface area contributed by atoms with Gasteiger partial charge in [0.1, 0.15) is 0 Å². The van der Waals surface area contributed by atoms with Crippen LogP contribution in [0, 0.1) is 0 Å². The number of hydrogen-bond acceptors (Lipinski definition) is 6. The third kappa shape index (κ3) is 5.68. The van der Waals surface area contributed by atoms with Gasteiger partial charge in [-0.25, -0.2) is 0 Å². The number of rotatable bonds is 8. The van der Waals surface area contributed by atoms with Gasteiger partial charge in [-0.2, -0.15) is 5.10 Å². The number of carbonyl (C=O) groups is 1. The van der Waals surface area contributed by atoms with Gasteiger partial charge in [-0.15, -0.1) is 0 Å². The van der Waals surface area contributed by atoms with Gasteiger partial charge in [-0.3, -0.25) is 14.8 Å². The van der Waals surface area contributed by atoms with Crippen molar-refractivity contribution < 1.29 is 14.3 Å². The van der Waals surface area contributed by atoms with Gasteiger partial charge in [0.2, 0.25) is 0 Å². The molecule has 4 rings (SSSR count). The van der Waals surface area contributed by atoms with Crippen LogP contribution in [0.1, 0.15) is 41.3 Å². The first-order valence-electron chi connectivity index (χ1n) is 11.1. The molecule has 170 valence electrons. The molecule has 2 aromatic carbocycles. The minimum Gasteiger partial charge on any atom is -0.493 e. The number of carbonyl (C=O) groups excluding carboxylic acids is 1. The lowest BCUT2D eigenvalue weighted by atomic mass is 10.0. The highest BCUT2D eigenvalue weighted by atomic mass is 16.5. The summed E-state index contributed by atoms with van der Waals surface area (Å²) in [6.45, 7) is 4.15. The predicted octanol–water partition coefficient (Wildman–Crippen LogP) is 4.74. The molecule has 0 radical (unpaired) electrons. The van der Waals surface area contributed by atoms with Crippen molar-refractivity contribution in [1.29, 1.82) is 0 Å². The van der Waals surface area contributed by atoms with Gasteiger partial charge < -0.3 is 14.8 Å². The molecule has 0 fully saturated rings. The Morgan fingerprint density at radius 2 is 1.85 bits per heavy atom. The predicted molar refractivity (Wildman–Crippen MR) is 129 cm³/mol. The van der Waals surface area contributed by atoms with Crippen molar-refractivity contribution in [2.24, 2.45) is 5.10 Å². The summed E-state index contributed by atoms with van der Waals surface area (Å²) < 4.78 is 11.1. The summed E-state index contributed by atoms with van der Waals surface area (Å²) in [5, 5.41) is 9.90. The lowest BCUT2D eigenvalue weighted by molar-refractivity contribution is 0.102. The SMILES string of the molecule is CCOc1cc(C2=NN(Cc3ccc(NC(=O)c4ccncc4)cc3)CCC2)ccc1OC. The summed E-state index contributed by atoms with van der Waals surface area (Å²) in [7, 11) is 1.65. The fourth-order valence-corrected chi connectivity index (χ4v) is 3.75. The van der Waals surface area contributed by atoms with Crippen molar-refractivity contribution >= 4 is 17.3 Å². The molecule has 0 aliphatic carbocycles. The second kappa shape index (κ2) is 10.6. The minimum absolute atomic E-state index is 0.152. The monoisotopic (exact) mass is 444 g/mol. The first-order valence-corrected chi connectivity index (χ1v) is 11.1. The maximum Gasteiger partial charge on any atom is 0.255 e. The fraction of sp³-hybridized carbons (Fsp3) is 0.269. The van der Waals surface area contributed by atoms with E-state index < -0.39 is 0 Å². The first-order chi connectivity index (χ1) is 16.2. The Labute approximate surface area is 194 Å². The van der Waals surface area contributed by atoms with Gasteiger partial charge in [0.05, 0.1) is 26.0 Å². The number of aromatic nitrogens is 1. The number of benzene rings is 2. The number of methoxy groups -OCH3 is 1. The Morgan fingerprint density at radius 1 is 1.06 bits per heavy atom. The van der Waals surface area contributed by atoms with E-state index in [-0.39, 0.29) is 5.91 Å². The molecule has 0 spiro atoms. The molecule has 0 atom stereocenters. The van der Waals surface area contributed by atoms with Crippen molar-refractivity contribution in [2.45, 2.75) is 26.3 Å². The van der Waals surface area contributed by atoms with E-state index in [1.165, 1.54) is 0 Å². The summed E-state index contributed by atoms with van der Waals surface area (Å²) in [6, 6.07) is 17.2. The van der Waals surface area contributed by atoms with Gasteiger partial charge in [0.15, 0.2) is 11.5 Å². The third-order valence-electron chi connectivity index (χ3n) is 5.41. The van der Waals surface area contributed by atoms with Gasteiger partial charge in [0.25, 0.3) is 5.91 Å². The summed E-state index contributed by atoms with van der Waals surface area (Å²) in [4.78, 5) is 16.2. The molecule has 1 aliphatic rings. The van der Waals surface area contributed by atoms with Gasteiger partial charge >= 0.3 is 0 Å². The highest BCUT2D eigenvalue weighted by Crippen LogP contribution is 2.29. The van der Waals surface area contributed by atoms with Crippen molar-refractivity contribution in [3.63, 3.8) is 0 Å². The van der Waals surface area contributed by atoms with Crippen LogP contribution >= 0.6 is 0 Å². The van der Waals surface area contributed by atoms with Crippen molar-refractivity contribution in [1.82, 2.24) is 9.99 Å². The third-order valence-corrected chi connectivity index (χ3v) is 5.41. The normalized spacial score (nSPS) is 13.3. The number of nitrogens with one attached hydrogen (secondary N) is 1. The molecule has 0 saturated heterocycles. The largest absolute Gasteiger partial charge is 0.493 e. The van der Waals surface area contributed by atoms with Crippen LogP contribution in [0.3, 0.4) is 0 Å². The number of nitrogens with zero attached hydrogens (tertiary/aromatic N) is 3. The van der Waals surface area contributed by atoms with Crippen LogP contribution in [0.2, 0.25) is 0 Å². The molecule has 0 saturated carbocycles. The zero-order chi connectivity index (χ0) is 23.0. The van der Waals surface area contributed by atoms with Crippen LogP contribution in [0.25, 0.3) is 0 Å². The Hall–Kier alpha value is -3.87. The second-order valence-corrected chi connectivity index (χ2v) is 7.72. The molecule has 1 aliphatic heterocycles. The smallest absolute Gasteiger partial charge is 0.255 e. The number of anilines is 1. The fourth-order valence-electron chi connectivity index (χ4n) is 3.75. The van der Waals surface area contributed by atoms with Crippen LogP contribution in [0.15, 0.2) is 72.1 Å². The van der Waals surface area contributed by atoms with E-state index in [1.807, 2.05) is 49.4 Å². The summed E-state index contributed by atoms with van der Waals surface area (Å²) in [5.74, 6) is 1.31. The van der Waals surface area contributed by atoms with Crippen molar-refractivity contribution in [2.75, 3.05) is 25.6 Å². The van der Waals surface area contributed by atoms with Crippen LogP contribution in [0.5, 0.6) is 11.5 Å². The lowest BCUT2D eigenvalue weighted by Crippen LogP contribution is -2.26. The Kier molecular flexibility index (Phi) is 7.19. The molecular weight excluding hydrogens is 416 g/mol. The Balaban J connectivity index is 1.42. The van der Waals surface area contributed by atoms with E-state index in [4.69, 9.17) is 14.6 Å². The molecule has 1 N–H and O–H groups in total. The molecule has 2 heterocycles. The minimum atomic E-state index is -0.152. The molecule has 33 heavy (non-hydrogen) atoms. The average Bonchev–Trinajstić information content (AvgIpc) is 2.86. The molecule has 1 aromatic heterocycles. The highest BCUT2D eigenvalue weighted by molar-refractivity contribution is 6.04. The molecule has 0 bridgehead atoms.